The SMILES string of the molecule is CCCC/C=C\CCCCCCCC(=O)OCC(COC(=O)CCCCCCCCCCCCCCCCCCCCCCCCCCCCCC)OC(=O)CCCCCCCCCC/C=C\C/C=C\C/C=C\CCCCCCC. The van der Waals surface area contributed by atoms with Crippen LogP contribution >= 0.6 is 0 Å². The minimum Gasteiger partial charge on any atom is -0.462 e. The third-order valence-corrected chi connectivity index (χ3v) is 16.1. The molecule has 0 amide bonds. The average molecular weight is 1120 g/mol. The molecule has 468 valence electrons. The zero-order valence-electron chi connectivity index (χ0n) is 53.9. The van der Waals surface area contributed by atoms with E-state index in [0.29, 0.717) is 19.3 Å². The third-order valence-electron chi connectivity index (χ3n) is 16.1. The number of rotatable bonds is 66. The first kappa shape index (κ1) is 77.4. The van der Waals surface area contributed by atoms with E-state index in [-0.39, 0.29) is 31.1 Å². The van der Waals surface area contributed by atoms with Crippen LogP contribution in [0.15, 0.2) is 48.6 Å². The first-order valence-electron chi connectivity index (χ1n) is 35.6. The van der Waals surface area contributed by atoms with E-state index in [0.717, 1.165) is 83.5 Å². The predicted octanol–water partition coefficient (Wildman–Crippen LogP) is 24.5. The highest BCUT2D eigenvalue weighted by atomic mass is 16.6. The van der Waals surface area contributed by atoms with Gasteiger partial charge in [0.25, 0.3) is 0 Å². The first-order valence-corrected chi connectivity index (χ1v) is 35.6. The zero-order valence-corrected chi connectivity index (χ0v) is 53.9. The number of carbonyl (C=O) groups is 3. The summed E-state index contributed by atoms with van der Waals surface area (Å²) in [6.07, 6.45) is 87.3. The Kier molecular flexibility index (Phi) is 66.6. The van der Waals surface area contributed by atoms with Crippen molar-refractivity contribution in [3.63, 3.8) is 0 Å². The molecule has 6 heteroatoms. The molecule has 1 atom stereocenters. The van der Waals surface area contributed by atoms with Gasteiger partial charge in [-0.2, -0.15) is 0 Å². The fourth-order valence-corrected chi connectivity index (χ4v) is 10.7. The summed E-state index contributed by atoms with van der Waals surface area (Å²) in [5, 5.41) is 0. The number of hydrogen-bond donors (Lipinski definition) is 0. The molecular weight excluding hydrogens is 985 g/mol. The Labute approximate surface area is 498 Å². The van der Waals surface area contributed by atoms with Crippen molar-refractivity contribution in [3.05, 3.63) is 48.6 Å². The van der Waals surface area contributed by atoms with E-state index in [4.69, 9.17) is 14.2 Å². The maximum absolute atomic E-state index is 12.9. The summed E-state index contributed by atoms with van der Waals surface area (Å²) >= 11 is 0. The molecule has 0 saturated carbocycles. The van der Waals surface area contributed by atoms with Crippen molar-refractivity contribution in [2.24, 2.45) is 0 Å². The predicted molar refractivity (Wildman–Crippen MR) is 349 cm³/mol. The molecule has 0 aromatic heterocycles. The molecule has 0 N–H and O–H groups in total. The highest BCUT2D eigenvalue weighted by Crippen LogP contribution is 2.18. The van der Waals surface area contributed by atoms with Gasteiger partial charge < -0.3 is 14.2 Å². The molecule has 0 aliphatic heterocycles. The number of hydrogen-bond acceptors (Lipinski definition) is 6. The molecule has 1 unspecified atom stereocenters. The van der Waals surface area contributed by atoms with Gasteiger partial charge in [-0.3, -0.25) is 14.4 Å². The monoisotopic (exact) mass is 1120 g/mol. The van der Waals surface area contributed by atoms with Crippen LogP contribution in [0.4, 0.5) is 0 Å². The van der Waals surface area contributed by atoms with Crippen molar-refractivity contribution in [2.45, 2.75) is 393 Å². The highest BCUT2D eigenvalue weighted by molar-refractivity contribution is 5.71. The molecule has 0 spiro atoms. The number of carbonyl (C=O) groups excluding carboxylic acids is 3. The van der Waals surface area contributed by atoms with Gasteiger partial charge in [-0.25, -0.2) is 0 Å². The van der Waals surface area contributed by atoms with Gasteiger partial charge in [-0.15, -0.1) is 0 Å². The largest absolute Gasteiger partial charge is 0.462 e. The van der Waals surface area contributed by atoms with Gasteiger partial charge in [0.15, 0.2) is 6.10 Å². The second-order valence-corrected chi connectivity index (χ2v) is 24.1. The quantitative estimate of drug-likeness (QED) is 0.0261. The van der Waals surface area contributed by atoms with E-state index in [1.54, 1.807) is 0 Å². The van der Waals surface area contributed by atoms with Gasteiger partial charge in [0.2, 0.25) is 0 Å². The lowest BCUT2D eigenvalue weighted by Gasteiger charge is -2.18. The highest BCUT2D eigenvalue weighted by Gasteiger charge is 2.19. The molecule has 0 aliphatic rings. The van der Waals surface area contributed by atoms with Crippen molar-refractivity contribution in [2.75, 3.05) is 13.2 Å². The summed E-state index contributed by atoms with van der Waals surface area (Å²) in [5.41, 5.74) is 0. The van der Waals surface area contributed by atoms with Gasteiger partial charge in [-0.1, -0.05) is 339 Å². The number of ether oxygens (including phenoxy) is 3. The van der Waals surface area contributed by atoms with Crippen molar-refractivity contribution in [1.29, 1.82) is 0 Å². The van der Waals surface area contributed by atoms with E-state index in [1.807, 2.05) is 0 Å². The summed E-state index contributed by atoms with van der Waals surface area (Å²) in [6.45, 7) is 6.64. The molecule has 6 nitrogen and oxygen atoms in total. The van der Waals surface area contributed by atoms with Crippen molar-refractivity contribution in [3.8, 4) is 0 Å². The lowest BCUT2D eigenvalue weighted by Crippen LogP contribution is -2.30. The van der Waals surface area contributed by atoms with Crippen LogP contribution in [0.5, 0.6) is 0 Å². The van der Waals surface area contributed by atoms with Crippen LogP contribution < -0.4 is 0 Å². The van der Waals surface area contributed by atoms with Gasteiger partial charge in [-0.05, 0) is 77.0 Å². The number of allylic oxidation sites excluding steroid dienone is 8. The van der Waals surface area contributed by atoms with Crippen molar-refractivity contribution < 1.29 is 28.6 Å². The fourth-order valence-electron chi connectivity index (χ4n) is 10.7. The molecule has 0 heterocycles. The molecule has 0 aliphatic carbocycles. The molecule has 0 bridgehead atoms. The summed E-state index contributed by atoms with van der Waals surface area (Å²) in [6, 6.07) is 0. The van der Waals surface area contributed by atoms with Crippen LogP contribution in [0.3, 0.4) is 0 Å². The molecule has 0 radical (unpaired) electrons. The van der Waals surface area contributed by atoms with Gasteiger partial charge in [0.05, 0.1) is 0 Å². The third kappa shape index (κ3) is 66.2. The van der Waals surface area contributed by atoms with Crippen LogP contribution in [0, 0.1) is 0 Å². The van der Waals surface area contributed by atoms with E-state index in [2.05, 4.69) is 69.4 Å². The first-order chi connectivity index (χ1) is 39.5. The maximum Gasteiger partial charge on any atom is 0.306 e. The summed E-state index contributed by atoms with van der Waals surface area (Å²) in [7, 11) is 0. The Morgan fingerprint density at radius 2 is 0.463 bits per heavy atom. The van der Waals surface area contributed by atoms with E-state index in [9.17, 15) is 14.4 Å². The van der Waals surface area contributed by atoms with E-state index in [1.165, 1.54) is 263 Å². The van der Waals surface area contributed by atoms with E-state index < -0.39 is 6.10 Å². The molecule has 0 aromatic carbocycles. The molecule has 0 saturated heterocycles. The molecular formula is C74H136O6. The summed E-state index contributed by atoms with van der Waals surface area (Å²) in [5.74, 6) is -0.869. The van der Waals surface area contributed by atoms with Gasteiger partial charge in [0, 0.05) is 19.3 Å². The van der Waals surface area contributed by atoms with Gasteiger partial charge >= 0.3 is 17.9 Å². The van der Waals surface area contributed by atoms with Crippen molar-refractivity contribution in [1.82, 2.24) is 0 Å². The van der Waals surface area contributed by atoms with Crippen LogP contribution in [0.2, 0.25) is 0 Å². The summed E-state index contributed by atoms with van der Waals surface area (Å²) in [4.78, 5) is 38.4. The maximum atomic E-state index is 12.9. The minimum absolute atomic E-state index is 0.0751. The van der Waals surface area contributed by atoms with Crippen molar-refractivity contribution >= 4 is 17.9 Å². The van der Waals surface area contributed by atoms with E-state index >= 15 is 0 Å². The van der Waals surface area contributed by atoms with Crippen LogP contribution in [0.1, 0.15) is 387 Å². The molecule has 0 aromatic rings. The Bertz CT molecular complexity index is 1380. The summed E-state index contributed by atoms with van der Waals surface area (Å²) < 4.78 is 17.0. The lowest BCUT2D eigenvalue weighted by molar-refractivity contribution is -0.167. The molecule has 0 fully saturated rings. The molecule has 0 rings (SSSR count). The number of esters is 3. The second-order valence-electron chi connectivity index (χ2n) is 24.1. The fraction of sp³-hybridized carbons (Fsp3) is 0.851. The standard InChI is InChI=1S/C74H136O6/c1-4-7-10-13-16-19-22-24-26-28-30-32-34-35-36-37-38-40-41-43-45-47-49-52-55-58-61-64-67-73(76)79-70-71(69-78-72(75)66-63-60-57-54-51-21-18-15-12-9-6-3)80-74(77)68-65-62-59-56-53-50-48-46-44-42-39-33-31-29-27-25-23-20-17-14-11-8-5-2/h15,18,23,25,29,31,39,42,71H,4-14,16-17,19-22,24,26-28,30,32-38,40-41,43-70H2,1-3H3/b18-15-,25-23-,31-29-,42-39-. The number of unbranched alkanes of at least 4 members (excludes halogenated alkanes) is 47. The minimum atomic E-state index is -0.780. The zero-order chi connectivity index (χ0) is 57.8. The molecule has 80 heavy (non-hydrogen) atoms. The van der Waals surface area contributed by atoms with Crippen LogP contribution in [-0.2, 0) is 28.6 Å². The normalized spacial score (nSPS) is 12.3. The topological polar surface area (TPSA) is 78.9 Å². The van der Waals surface area contributed by atoms with Gasteiger partial charge in [0.1, 0.15) is 13.2 Å². The Morgan fingerprint density at radius 1 is 0.250 bits per heavy atom. The lowest BCUT2D eigenvalue weighted by atomic mass is 10.0. The Balaban J connectivity index is 4.18. The Hall–Kier alpha value is -2.63. The second kappa shape index (κ2) is 68.9. The van der Waals surface area contributed by atoms with Crippen LogP contribution in [-0.4, -0.2) is 37.2 Å². The smallest absolute Gasteiger partial charge is 0.306 e. The van der Waals surface area contributed by atoms with Crippen LogP contribution in [0.25, 0.3) is 0 Å². The Morgan fingerprint density at radius 3 is 0.750 bits per heavy atom. The average Bonchev–Trinajstić information content (AvgIpc) is 3.46.